The van der Waals surface area contributed by atoms with Crippen LogP contribution in [0.4, 0.5) is 0 Å². The number of methoxy groups -OCH3 is 1. The lowest BCUT2D eigenvalue weighted by molar-refractivity contribution is 0.410. The van der Waals surface area contributed by atoms with Crippen LogP contribution in [-0.2, 0) is 0 Å². The number of rotatable bonds is 7. The summed E-state index contributed by atoms with van der Waals surface area (Å²) in [6.07, 6.45) is 0. The van der Waals surface area contributed by atoms with Gasteiger partial charge in [0.15, 0.2) is 0 Å². The van der Waals surface area contributed by atoms with Gasteiger partial charge >= 0.3 is 0 Å². The zero-order valence-corrected chi connectivity index (χ0v) is 24.9. The van der Waals surface area contributed by atoms with E-state index in [0.717, 1.165) is 61.2 Å². The van der Waals surface area contributed by atoms with Crippen LogP contribution < -0.4 is 9.47 Å². The van der Waals surface area contributed by atoms with Crippen LogP contribution in [0.25, 0.3) is 44.3 Å². The molecule has 0 aliphatic heterocycles. The lowest BCUT2D eigenvalue weighted by atomic mass is 10.1. The number of aromatic nitrogens is 2. The van der Waals surface area contributed by atoms with E-state index >= 15 is 0 Å². The van der Waals surface area contributed by atoms with E-state index < -0.39 is 0 Å². The molecule has 0 saturated carbocycles. The van der Waals surface area contributed by atoms with Crippen LogP contribution in [0.1, 0.15) is 11.1 Å². The van der Waals surface area contributed by atoms with Crippen molar-refractivity contribution in [2.75, 3.05) is 35.3 Å². The van der Waals surface area contributed by atoms with E-state index in [9.17, 15) is 0 Å². The van der Waals surface area contributed by atoms with Gasteiger partial charge in [0.05, 0.1) is 12.8 Å². The Balaban J connectivity index is 1.21. The van der Waals surface area contributed by atoms with Crippen molar-refractivity contribution in [3.05, 3.63) is 102 Å². The molecule has 4 N–H and O–H groups in total. The smallest absolute Gasteiger partial charge is 0.131 e. The Kier molecular flexibility index (Phi) is 7.11. The van der Waals surface area contributed by atoms with E-state index in [0.29, 0.717) is 23.2 Å². The summed E-state index contributed by atoms with van der Waals surface area (Å²) in [6, 6.07) is 30.0. The number of fused-ring (bicyclic) bond motifs is 2. The van der Waals surface area contributed by atoms with Gasteiger partial charge in [0.2, 0.25) is 0 Å². The minimum absolute atomic E-state index is 0.461. The molecule has 0 atom stereocenters. The van der Waals surface area contributed by atoms with E-state index in [1.165, 1.54) is 0 Å². The first-order valence-electron chi connectivity index (χ1n) is 13.9. The number of amidine groups is 2. The molecule has 0 amide bonds. The molecule has 0 unspecified atom stereocenters. The number of nitrogens with zero attached hydrogens (tertiary/aromatic N) is 2. The van der Waals surface area contributed by atoms with Crippen LogP contribution in [0.3, 0.4) is 0 Å². The lowest BCUT2D eigenvalue weighted by Crippen LogP contribution is -2.21. The van der Waals surface area contributed by atoms with Gasteiger partial charge in [-0.15, -0.1) is 0 Å². The fourth-order valence-electron chi connectivity index (χ4n) is 5.16. The van der Waals surface area contributed by atoms with E-state index in [-0.39, 0.29) is 0 Å². The third-order valence-electron chi connectivity index (χ3n) is 7.55. The van der Waals surface area contributed by atoms with Gasteiger partial charge < -0.3 is 29.2 Å². The molecule has 8 heteroatoms. The van der Waals surface area contributed by atoms with Crippen molar-refractivity contribution in [2.45, 2.75) is 0 Å². The van der Waals surface area contributed by atoms with E-state index in [2.05, 4.69) is 22.1 Å². The molecule has 0 spiro atoms. The van der Waals surface area contributed by atoms with Crippen LogP contribution in [0, 0.1) is 10.8 Å². The number of nitrogens with one attached hydrogen (secondary N) is 4. The van der Waals surface area contributed by atoms with Gasteiger partial charge in [0.1, 0.15) is 28.9 Å². The van der Waals surface area contributed by atoms with Gasteiger partial charge in [-0.05, 0) is 66.2 Å². The number of benzene rings is 4. The van der Waals surface area contributed by atoms with Crippen LogP contribution in [-0.4, -0.2) is 66.7 Å². The third kappa shape index (κ3) is 5.42. The lowest BCUT2D eigenvalue weighted by Gasteiger charge is -2.13. The maximum atomic E-state index is 8.29. The predicted octanol–water partition coefficient (Wildman–Crippen LogP) is 7.56. The first-order valence-corrected chi connectivity index (χ1v) is 13.9. The molecular formula is C35H34N6O2. The van der Waals surface area contributed by atoms with Crippen LogP contribution in [0.5, 0.6) is 17.2 Å². The Hall–Kier alpha value is -5.50. The molecule has 0 saturated heterocycles. The molecule has 43 heavy (non-hydrogen) atoms. The second-order valence-electron chi connectivity index (χ2n) is 10.9. The van der Waals surface area contributed by atoms with Crippen molar-refractivity contribution in [3.8, 4) is 39.8 Å². The largest absolute Gasteiger partial charge is 0.496 e. The Bertz CT molecular complexity index is 1980. The van der Waals surface area contributed by atoms with Gasteiger partial charge in [-0.2, -0.15) is 0 Å². The molecule has 0 aliphatic carbocycles. The fourth-order valence-corrected chi connectivity index (χ4v) is 5.16. The molecule has 0 bridgehead atoms. The quantitative estimate of drug-likeness (QED) is 0.117. The normalized spacial score (nSPS) is 11.1. The monoisotopic (exact) mass is 570 g/mol. The molecule has 0 fully saturated rings. The zero-order chi connectivity index (χ0) is 30.2. The molecule has 4 aromatic carbocycles. The molecule has 216 valence electrons. The van der Waals surface area contributed by atoms with E-state index in [1.54, 1.807) is 16.9 Å². The number of hydrogen-bond acceptors (Lipinski definition) is 4. The second kappa shape index (κ2) is 11.1. The Morgan fingerprint density at radius 2 is 1.14 bits per heavy atom. The van der Waals surface area contributed by atoms with Crippen molar-refractivity contribution in [3.63, 3.8) is 0 Å². The van der Waals surface area contributed by atoms with Gasteiger partial charge in [-0.25, -0.2) is 0 Å². The summed E-state index contributed by atoms with van der Waals surface area (Å²) in [4.78, 5) is 10.6. The molecule has 0 radical (unpaired) electrons. The van der Waals surface area contributed by atoms with Crippen LogP contribution in [0.15, 0.2) is 91.0 Å². The Morgan fingerprint density at radius 3 is 1.70 bits per heavy atom. The highest BCUT2D eigenvalue weighted by molar-refractivity contribution is 6.01. The number of H-pyrrole nitrogens is 2. The first-order chi connectivity index (χ1) is 20.7. The van der Waals surface area contributed by atoms with Gasteiger partial charge in [-0.1, -0.05) is 24.3 Å². The van der Waals surface area contributed by atoms with Crippen molar-refractivity contribution >= 4 is 33.5 Å². The summed E-state index contributed by atoms with van der Waals surface area (Å²) in [7, 11) is 9.15. The molecule has 0 aliphatic rings. The fraction of sp³-hybridized carbons (Fsp3) is 0.143. The number of aromatic amines is 2. The average Bonchev–Trinajstić information content (AvgIpc) is 3.64. The topological polar surface area (TPSA) is 104 Å². The van der Waals surface area contributed by atoms with Crippen molar-refractivity contribution < 1.29 is 9.47 Å². The molecule has 2 heterocycles. The number of hydrogen-bond donors (Lipinski definition) is 4. The SMILES string of the molecule is COc1cc(Oc2ccc(-c3cc4ccc(C(=N)N(C)C)cc4[nH]3)cc2)ccc1-c1cc2ccc(C(=N)N(C)C)cc2[nH]1. The summed E-state index contributed by atoms with van der Waals surface area (Å²) >= 11 is 0. The molecule has 6 rings (SSSR count). The zero-order valence-electron chi connectivity index (χ0n) is 24.9. The average molecular weight is 571 g/mol. The van der Waals surface area contributed by atoms with Crippen LogP contribution >= 0.6 is 0 Å². The first kappa shape index (κ1) is 27.7. The summed E-state index contributed by atoms with van der Waals surface area (Å²) in [5, 5.41) is 18.7. The summed E-state index contributed by atoms with van der Waals surface area (Å²) < 4.78 is 11.9. The molecule has 8 nitrogen and oxygen atoms in total. The van der Waals surface area contributed by atoms with Gasteiger partial charge in [-0.3, -0.25) is 10.8 Å². The minimum Gasteiger partial charge on any atom is -0.496 e. The highest BCUT2D eigenvalue weighted by Gasteiger charge is 2.13. The highest BCUT2D eigenvalue weighted by Crippen LogP contribution is 2.36. The summed E-state index contributed by atoms with van der Waals surface area (Å²) in [5.41, 5.74) is 7.59. The minimum atomic E-state index is 0.461. The predicted molar refractivity (Wildman–Crippen MR) is 175 cm³/mol. The van der Waals surface area contributed by atoms with Crippen molar-refractivity contribution in [2.24, 2.45) is 0 Å². The molecule has 2 aromatic heterocycles. The molecule has 6 aromatic rings. The second-order valence-corrected chi connectivity index (χ2v) is 10.9. The maximum absolute atomic E-state index is 8.29. The molecular weight excluding hydrogens is 536 g/mol. The summed E-state index contributed by atoms with van der Waals surface area (Å²) in [6.45, 7) is 0. The third-order valence-corrected chi connectivity index (χ3v) is 7.55. The number of ether oxygens (including phenoxy) is 2. The van der Waals surface area contributed by atoms with Gasteiger partial charge in [0, 0.05) is 78.4 Å². The Labute approximate surface area is 250 Å². The van der Waals surface area contributed by atoms with Gasteiger partial charge in [0.25, 0.3) is 0 Å². The summed E-state index contributed by atoms with van der Waals surface area (Å²) in [5.74, 6) is 3.02. The van der Waals surface area contributed by atoms with E-state index in [4.69, 9.17) is 20.3 Å². The standard InChI is InChI=1S/C35H34N6O2/c1-40(2)34(36)24-8-6-22-16-29(38-30(22)18-24)21-10-12-26(13-11-21)43-27-14-15-28(33(20-27)42-5)32-17-23-7-9-25(19-31(23)39-32)35(37)41(3)4/h6-20,36-39H,1-5H3. The van der Waals surface area contributed by atoms with Crippen molar-refractivity contribution in [1.29, 1.82) is 10.8 Å². The maximum Gasteiger partial charge on any atom is 0.131 e. The van der Waals surface area contributed by atoms with Crippen molar-refractivity contribution in [1.82, 2.24) is 19.8 Å². The van der Waals surface area contributed by atoms with Crippen LogP contribution in [0.2, 0.25) is 0 Å². The Morgan fingerprint density at radius 1 is 0.605 bits per heavy atom. The van der Waals surface area contributed by atoms with E-state index in [1.807, 2.05) is 107 Å². The highest BCUT2D eigenvalue weighted by atomic mass is 16.5.